The van der Waals surface area contributed by atoms with Crippen molar-refractivity contribution in [2.24, 2.45) is 0 Å². The lowest BCUT2D eigenvalue weighted by Gasteiger charge is -2.24. The summed E-state index contributed by atoms with van der Waals surface area (Å²) in [5, 5.41) is 3.56. The van der Waals surface area contributed by atoms with Crippen LogP contribution in [0, 0.1) is 5.82 Å². The fourth-order valence-corrected chi connectivity index (χ4v) is 2.74. The van der Waals surface area contributed by atoms with Crippen LogP contribution in [0.25, 0.3) is 0 Å². The summed E-state index contributed by atoms with van der Waals surface area (Å²) in [5.74, 6) is -0.00594. The van der Waals surface area contributed by atoms with Crippen molar-refractivity contribution in [2.75, 3.05) is 13.1 Å². The van der Waals surface area contributed by atoms with Crippen LogP contribution in [0.3, 0.4) is 0 Å². The molecule has 1 nitrogen and oxygen atoms in total. The van der Waals surface area contributed by atoms with Crippen molar-refractivity contribution in [3.63, 3.8) is 0 Å². The Balaban J connectivity index is 2.31. The zero-order valence-corrected chi connectivity index (χ0v) is 10.5. The topological polar surface area (TPSA) is 12.0 Å². The molecule has 1 aromatic rings. The largest absolute Gasteiger partial charge is 0.316 e. The second-order valence-electron chi connectivity index (χ2n) is 3.81. The first-order valence-corrected chi connectivity index (χ1v) is 6.21. The van der Waals surface area contributed by atoms with E-state index in [-0.39, 0.29) is 10.8 Å². The maximum absolute atomic E-state index is 13.5. The third kappa shape index (κ3) is 2.35. The zero-order valence-electron chi connectivity index (χ0n) is 8.19. The second-order valence-corrected chi connectivity index (χ2v) is 5.04. The molecule has 1 aliphatic rings. The summed E-state index contributed by atoms with van der Waals surface area (Å²) < 4.78 is 14.0. The standard InChI is InChI=1S/C11H12BrClFN/c12-9-4-3-8(10(13)11(9)14)7-2-1-5-15-6-7/h3-4,7,15H,1-2,5-6H2. The van der Waals surface area contributed by atoms with Gasteiger partial charge in [0.05, 0.1) is 9.50 Å². The molecule has 0 amide bonds. The molecule has 2 rings (SSSR count). The van der Waals surface area contributed by atoms with Gasteiger partial charge in [-0.25, -0.2) is 4.39 Å². The van der Waals surface area contributed by atoms with E-state index in [0.717, 1.165) is 31.5 Å². The predicted molar refractivity (Wildman–Crippen MR) is 64.0 cm³/mol. The highest BCUT2D eigenvalue weighted by atomic mass is 79.9. The van der Waals surface area contributed by atoms with Gasteiger partial charge in [0.2, 0.25) is 0 Å². The number of hydrogen-bond acceptors (Lipinski definition) is 1. The molecule has 1 saturated heterocycles. The number of rotatable bonds is 1. The molecule has 0 aromatic heterocycles. The highest BCUT2D eigenvalue weighted by molar-refractivity contribution is 9.10. The Morgan fingerprint density at radius 2 is 2.27 bits per heavy atom. The quantitative estimate of drug-likeness (QED) is 0.778. The summed E-state index contributed by atoms with van der Waals surface area (Å²) in [6.45, 7) is 1.94. The smallest absolute Gasteiger partial charge is 0.156 e. The van der Waals surface area contributed by atoms with Crippen LogP contribution in [0.15, 0.2) is 16.6 Å². The van der Waals surface area contributed by atoms with Crippen molar-refractivity contribution in [2.45, 2.75) is 18.8 Å². The van der Waals surface area contributed by atoms with Crippen LogP contribution in [-0.4, -0.2) is 13.1 Å². The average molecular weight is 293 g/mol. The summed E-state index contributed by atoms with van der Waals surface area (Å²) in [6.07, 6.45) is 2.20. The van der Waals surface area contributed by atoms with Crippen LogP contribution in [0.1, 0.15) is 24.3 Å². The summed E-state index contributed by atoms with van der Waals surface area (Å²) in [4.78, 5) is 0. The third-order valence-electron chi connectivity index (χ3n) is 2.80. The van der Waals surface area contributed by atoms with E-state index in [0.29, 0.717) is 10.4 Å². The van der Waals surface area contributed by atoms with Crippen LogP contribution in [0.4, 0.5) is 4.39 Å². The molecule has 0 aliphatic carbocycles. The lowest BCUT2D eigenvalue weighted by Crippen LogP contribution is -2.28. The number of nitrogens with one attached hydrogen (secondary N) is 1. The molecule has 0 saturated carbocycles. The van der Waals surface area contributed by atoms with Gasteiger partial charge in [-0.15, -0.1) is 0 Å². The molecule has 4 heteroatoms. The van der Waals surface area contributed by atoms with Crippen molar-refractivity contribution in [3.05, 3.63) is 33.0 Å². The number of halogens is 3. The van der Waals surface area contributed by atoms with Gasteiger partial charge in [0.1, 0.15) is 0 Å². The minimum Gasteiger partial charge on any atom is -0.316 e. The van der Waals surface area contributed by atoms with E-state index in [1.807, 2.05) is 6.07 Å². The first-order valence-electron chi connectivity index (χ1n) is 5.04. The molecule has 1 unspecified atom stereocenters. The van der Waals surface area contributed by atoms with E-state index in [1.54, 1.807) is 6.07 Å². The summed E-state index contributed by atoms with van der Waals surface area (Å²) in [5.41, 5.74) is 0.921. The lowest BCUT2D eigenvalue weighted by molar-refractivity contribution is 0.460. The lowest BCUT2D eigenvalue weighted by atomic mass is 9.91. The van der Waals surface area contributed by atoms with Gasteiger partial charge in [-0.05, 0) is 52.9 Å². The van der Waals surface area contributed by atoms with E-state index < -0.39 is 0 Å². The van der Waals surface area contributed by atoms with E-state index in [9.17, 15) is 4.39 Å². The van der Waals surface area contributed by atoms with E-state index in [1.165, 1.54) is 0 Å². The van der Waals surface area contributed by atoms with Gasteiger partial charge in [0.25, 0.3) is 0 Å². The zero-order chi connectivity index (χ0) is 10.8. The fraction of sp³-hybridized carbons (Fsp3) is 0.455. The Labute approximate surface area is 102 Å². The highest BCUT2D eigenvalue weighted by Gasteiger charge is 2.20. The molecule has 1 aromatic carbocycles. The molecule has 0 spiro atoms. The SMILES string of the molecule is Fc1c(Br)ccc(C2CCCNC2)c1Cl. The normalized spacial score (nSPS) is 21.7. The van der Waals surface area contributed by atoms with Gasteiger partial charge in [0.15, 0.2) is 5.82 Å². The van der Waals surface area contributed by atoms with Crippen molar-refractivity contribution < 1.29 is 4.39 Å². The van der Waals surface area contributed by atoms with Crippen LogP contribution < -0.4 is 5.32 Å². The maximum atomic E-state index is 13.5. The predicted octanol–water partition coefficient (Wildman–Crippen LogP) is 3.71. The van der Waals surface area contributed by atoms with E-state index in [4.69, 9.17) is 11.6 Å². The fourth-order valence-electron chi connectivity index (χ4n) is 1.97. The minimum atomic E-state index is -0.347. The van der Waals surface area contributed by atoms with Gasteiger partial charge >= 0.3 is 0 Å². The highest BCUT2D eigenvalue weighted by Crippen LogP contribution is 2.33. The van der Waals surface area contributed by atoms with E-state index >= 15 is 0 Å². The van der Waals surface area contributed by atoms with Crippen LogP contribution in [0.2, 0.25) is 5.02 Å². The van der Waals surface area contributed by atoms with Crippen molar-refractivity contribution in [1.29, 1.82) is 0 Å². The van der Waals surface area contributed by atoms with Crippen molar-refractivity contribution >= 4 is 27.5 Å². The molecule has 1 heterocycles. The molecule has 82 valence electrons. The monoisotopic (exact) mass is 291 g/mol. The Hall–Kier alpha value is -0.120. The van der Waals surface area contributed by atoms with Gasteiger partial charge < -0.3 is 5.32 Å². The molecule has 1 aliphatic heterocycles. The summed E-state index contributed by atoms with van der Waals surface area (Å²) in [7, 11) is 0. The van der Waals surface area contributed by atoms with Crippen LogP contribution >= 0.6 is 27.5 Å². The van der Waals surface area contributed by atoms with Gasteiger partial charge in [0, 0.05) is 6.54 Å². The number of piperidine rings is 1. The Bertz CT molecular complexity index is 364. The first-order chi connectivity index (χ1) is 7.20. The molecular formula is C11H12BrClFN. The molecule has 1 atom stereocenters. The summed E-state index contributed by atoms with van der Waals surface area (Å²) in [6, 6.07) is 3.64. The van der Waals surface area contributed by atoms with E-state index in [2.05, 4.69) is 21.2 Å². The minimum absolute atomic E-state index is 0.262. The van der Waals surface area contributed by atoms with Crippen molar-refractivity contribution in [3.8, 4) is 0 Å². The second kappa shape index (κ2) is 4.81. The average Bonchev–Trinajstić information content (AvgIpc) is 2.27. The Kier molecular flexibility index (Phi) is 3.65. The molecule has 0 radical (unpaired) electrons. The molecule has 0 bridgehead atoms. The number of hydrogen-bond donors (Lipinski definition) is 1. The van der Waals surface area contributed by atoms with Crippen LogP contribution in [-0.2, 0) is 0 Å². The Morgan fingerprint density at radius 3 is 2.93 bits per heavy atom. The first kappa shape index (κ1) is 11.4. The molecule has 1 fully saturated rings. The van der Waals surface area contributed by atoms with Crippen LogP contribution in [0.5, 0.6) is 0 Å². The van der Waals surface area contributed by atoms with Crippen molar-refractivity contribution in [1.82, 2.24) is 5.32 Å². The van der Waals surface area contributed by atoms with Gasteiger partial charge in [-0.1, -0.05) is 17.7 Å². The summed E-state index contributed by atoms with van der Waals surface area (Å²) >= 11 is 9.13. The maximum Gasteiger partial charge on any atom is 0.156 e. The van der Waals surface area contributed by atoms with Gasteiger partial charge in [-0.3, -0.25) is 0 Å². The Morgan fingerprint density at radius 1 is 1.47 bits per heavy atom. The molecular weight excluding hydrogens is 280 g/mol. The molecule has 1 N–H and O–H groups in total. The number of benzene rings is 1. The van der Waals surface area contributed by atoms with Gasteiger partial charge in [-0.2, -0.15) is 0 Å². The third-order valence-corrected chi connectivity index (χ3v) is 3.80. The molecule has 15 heavy (non-hydrogen) atoms.